The van der Waals surface area contributed by atoms with Crippen LogP contribution >= 0.6 is 12.2 Å². The van der Waals surface area contributed by atoms with E-state index in [0.717, 1.165) is 12.1 Å². The number of halogens is 3. The molecular weight excluding hydrogens is 339 g/mol. The van der Waals surface area contributed by atoms with Crippen molar-refractivity contribution in [2.75, 3.05) is 11.4 Å². The van der Waals surface area contributed by atoms with Gasteiger partial charge in [0.2, 0.25) is 0 Å². The summed E-state index contributed by atoms with van der Waals surface area (Å²) in [6.45, 7) is 0.482. The summed E-state index contributed by atoms with van der Waals surface area (Å²) >= 11 is 5.26. The molecular formula is C16H14F3N3OS. The summed E-state index contributed by atoms with van der Waals surface area (Å²) in [6.07, 6.45) is -2.81. The van der Waals surface area contributed by atoms with Gasteiger partial charge in [0.15, 0.2) is 5.11 Å². The summed E-state index contributed by atoms with van der Waals surface area (Å²) in [5, 5.41) is 11.9. The van der Waals surface area contributed by atoms with Gasteiger partial charge in [-0.25, -0.2) is 0 Å². The van der Waals surface area contributed by atoms with E-state index in [1.165, 1.54) is 23.3 Å². The first-order valence-electron chi connectivity index (χ1n) is 7.04. The van der Waals surface area contributed by atoms with Crippen LogP contribution in [0.4, 0.5) is 18.9 Å². The molecule has 0 unspecified atom stereocenters. The van der Waals surface area contributed by atoms with Crippen molar-refractivity contribution in [1.82, 2.24) is 5.32 Å². The van der Waals surface area contributed by atoms with Crippen LogP contribution in [0.3, 0.4) is 0 Å². The van der Waals surface area contributed by atoms with E-state index in [0.29, 0.717) is 12.3 Å². The molecule has 0 atom stereocenters. The van der Waals surface area contributed by atoms with Gasteiger partial charge >= 0.3 is 6.18 Å². The molecule has 24 heavy (non-hydrogen) atoms. The number of thiocarbonyl (C=S) groups is 1. The zero-order chi connectivity index (χ0) is 17.6. The van der Waals surface area contributed by atoms with Gasteiger partial charge in [0.05, 0.1) is 30.9 Å². The summed E-state index contributed by atoms with van der Waals surface area (Å²) < 4.78 is 43.8. The molecule has 1 aromatic heterocycles. The lowest BCUT2D eigenvalue weighted by Crippen LogP contribution is -2.40. The number of anilines is 1. The maximum atomic E-state index is 12.9. The van der Waals surface area contributed by atoms with Gasteiger partial charge in [-0.05, 0) is 42.5 Å². The molecule has 1 N–H and O–H groups in total. The highest BCUT2D eigenvalue weighted by molar-refractivity contribution is 7.80. The zero-order valence-electron chi connectivity index (χ0n) is 12.5. The van der Waals surface area contributed by atoms with Crippen LogP contribution in [0, 0.1) is 11.3 Å². The van der Waals surface area contributed by atoms with Gasteiger partial charge in [0.25, 0.3) is 0 Å². The fourth-order valence-corrected chi connectivity index (χ4v) is 2.30. The largest absolute Gasteiger partial charge is 0.467 e. The first-order chi connectivity index (χ1) is 11.4. The standard InChI is InChI=1S/C16H14F3N3OS/c17-16(18,19)12-4-1-5-13(10-12)22(8-3-7-20)15(24)21-11-14-6-2-9-23-14/h1-2,4-6,9-10H,3,8,11H2,(H,21,24). The van der Waals surface area contributed by atoms with Gasteiger partial charge in [-0.3, -0.25) is 0 Å². The SMILES string of the molecule is N#CCCN(C(=S)NCc1ccco1)c1cccc(C(F)(F)F)c1. The van der Waals surface area contributed by atoms with Crippen molar-refractivity contribution in [3.8, 4) is 6.07 Å². The van der Waals surface area contributed by atoms with Gasteiger partial charge < -0.3 is 14.6 Å². The van der Waals surface area contributed by atoms with E-state index in [-0.39, 0.29) is 23.8 Å². The monoisotopic (exact) mass is 353 g/mol. The number of nitriles is 1. The average molecular weight is 353 g/mol. The summed E-state index contributed by atoms with van der Waals surface area (Å²) in [4.78, 5) is 1.47. The lowest BCUT2D eigenvalue weighted by atomic mass is 10.2. The molecule has 4 nitrogen and oxygen atoms in total. The highest BCUT2D eigenvalue weighted by atomic mass is 32.1. The first kappa shape index (κ1) is 17.8. The van der Waals surface area contributed by atoms with Crippen molar-refractivity contribution < 1.29 is 17.6 Å². The minimum atomic E-state index is -4.44. The van der Waals surface area contributed by atoms with E-state index < -0.39 is 11.7 Å². The maximum Gasteiger partial charge on any atom is 0.416 e. The quantitative estimate of drug-likeness (QED) is 0.821. The van der Waals surface area contributed by atoms with E-state index in [9.17, 15) is 13.2 Å². The molecule has 0 aliphatic carbocycles. The molecule has 0 bridgehead atoms. The van der Waals surface area contributed by atoms with E-state index >= 15 is 0 Å². The lowest BCUT2D eigenvalue weighted by Gasteiger charge is -2.25. The fraction of sp³-hybridized carbons (Fsp3) is 0.250. The molecule has 0 saturated carbocycles. The van der Waals surface area contributed by atoms with Gasteiger partial charge in [-0.1, -0.05) is 6.07 Å². The normalized spacial score (nSPS) is 10.9. The van der Waals surface area contributed by atoms with Gasteiger partial charge in [0, 0.05) is 12.2 Å². The predicted molar refractivity (Wildman–Crippen MR) is 87.2 cm³/mol. The number of furan rings is 1. The van der Waals surface area contributed by atoms with Crippen molar-refractivity contribution in [3.05, 3.63) is 54.0 Å². The molecule has 0 fully saturated rings. The zero-order valence-corrected chi connectivity index (χ0v) is 13.3. The second kappa shape index (κ2) is 7.84. The predicted octanol–water partition coefficient (Wildman–Crippen LogP) is 4.09. The highest BCUT2D eigenvalue weighted by Crippen LogP contribution is 2.31. The third-order valence-electron chi connectivity index (χ3n) is 3.17. The van der Waals surface area contributed by atoms with Crippen LogP contribution < -0.4 is 10.2 Å². The highest BCUT2D eigenvalue weighted by Gasteiger charge is 2.31. The first-order valence-corrected chi connectivity index (χ1v) is 7.44. The van der Waals surface area contributed by atoms with Crippen LogP contribution in [0.25, 0.3) is 0 Å². The van der Waals surface area contributed by atoms with Crippen LogP contribution in [0.2, 0.25) is 0 Å². The summed E-state index contributed by atoms with van der Waals surface area (Å²) in [6, 6.07) is 10.3. The Kier molecular flexibility index (Phi) is 5.82. The Morgan fingerprint density at radius 2 is 2.08 bits per heavy atom. The Labute approximate surface area is 142 Å². The summed E-state index contributed by atoms with van der Waals surface area (Å²) in [5.41, 5.74) is -0.493. The number of alkyl halides is 3. The third-order valence-corrected chi connectivity index (χ3v) is 3.54. The summed E-state index contributed by atoms with van der Waals surface area (Å²) in [5.74, 6) is 0.640. The number of hydrogen-bond donors (Lipinski definition) is 1. The van der Waals surface area contributed by atoms with E-state index in [2.05, 4.69) is 5.32 Å². The van der Waals surface area contributed by atoms with Gasteiger partial charge in [-0.15, -0.1) is 0 Å². The van der Waals surface area contributed by atoms with Crippen LogP contribution in [-0.2, 0) is 12.7 Å². The second-order valence-electron chi connectivity index (χ2n) is 4.85. The minimum Gasteiger partial charge on any atom is -0.467 e. The van der Waals surface area contributed by atoms with E-state index in [1.54, 1.807) is 12.1 Å². The molecule has 1 aromatic carbocycles. The van der Waals surface area contributed by atoms with Crippen LogP contribution in [0.15, 0.2) is 47.1 Å². The number of benzene rings is 1. The molecule has 0 aliphatic rings. The van der Waals surface area contributed by atoms with E-state index in [1.807, 2.05) is 6.07 Å². The molecule has 1 heterocycles. The third kappa shape index (κ3) is 4.73. The number of nitrogens with one attached hydrogen (secondary N) is 1. The van der Waals surface area contributed by atoms with Crippen LogP contribution in [0.5, 0.6) is 0 Å². The van der Waals surface area contributed by atoms with Crippen molar-refractivity contribution in [2.24, 2.45) is 0 Å². The summed E-state index contributed by atoms with van der Waals surface area (Å²) in [7, 11) is 0. The number of hydrogen-bond acceptors (Lipinski definition) is 3. The van der Waals surface area contributed by atoms with Crippen molar-refractivity contribution >= 4 is 23.0 Å². The Bertz CT molecular complexity index is 723. The lowest BCUT2D eigenvalue weighted by molar-refractivity contribution is -0.137. The molecule has 126 valence electrons. The minimum absolute atomic E-state index is 0.124. The Morgan fingerprint density at radius 3 is 2.71 bits per heavy atom. The molecule has 0 amide bonds. The Balaban J connectivity index is 2.18. The molecule has 0 saturated heterocycles. The maximum absolute atomic E-state index is 12.9. The molecule has 2 aromatic rings. The molecule has 0 radical (unpaired) electrons. The molecule has 8 heteroatoms. The van der Waals surface area contributed by atoms with Gasteiger partial charge in [0.1, 0.15) is 5.76 Å². The number of nitrogens with zero attached hydrogens (tertiary/aromatic N) is 2. The molecule has 0 aliphatic heterocycles. The van der Waals surface area contributed by atoms with Crippen LogP contribution in [0.1, 0.15) is 17.7 Å². The topological polar surface area (TPSA) is 52.2 Å². The van der Waals surface area contributed by atoms with Gasteiger partial charge in [-0.2, -0.15) is 18.4 Å². The smallest absolute Gasteiger partial charge is 0.416 e. The van der Waals surface area contributed by atoms with Crippen molar-refractivity contribution in [1.29, 1.82) is 5.26 Å². The molecule has 0 spiro atoms. The number of rotatable bonds is 5. The van der Waals surface area contributed by atoms with Crippen molar-refractivity contribution in [2.45, 2.75) is 19.1 Å². The molecule has 2 rings (SSSR count). The Hall–Kier alpha value is -2.53. The second-order valence-corrected chi connectivity index (χ2v) is 5.23. The average Bonchev–Trinajstić information content (AvgIpc) is 3.06. The Morgan fingerprint density at radius 1 is 1.29 bits per heavy atom. The fourth-order valence-electron chi connectivity index (χ4n) is 2.03. The van der Waals surface area contributed by atoms with E-state index in [4.69, 9.17) is 21.9 Å². The van der Waals surface area contributed by atoms with Crippen molar-refractivity contribution in [3.63, 3.8) is 0 Å². The van der Waals surface area contributed by atoms with Crippen LogP contribution in [-0.4, -0.2) is 11.7 Å².